The van der Waals surface area contributed by atoms with Gasteiger partial charge in [0.2, 0.25) is 0 Å². The van der Waals surface area contributed by atoms with E-state index in [2.05, 4.69) is 20.5 Å². The number of amides is 3. The lowest BCUT2D eigenvalue weighted by Gasteiger charge is -2.35. The molecule has 2 N–H and O–H groups in total. The van der Waals surface area contributed by atoms with Gasteiger partial charge in [-0.2, -0.15) is 0 Å². The molecule has 0 spiro atoms. The number of benzene rings is 1. The van der Waals surface area contributed by atoms with Crippen LogP contribution in [0.1, 0.15) is 53.6 Å². The zero-order valence-corrected chi connectivity index (χ0v) is 27.4. The molecular weight excluding hydrogens is 617 g/mol. The molecule has 1 saturated carbocycles. The summed E-state index contributed by atoms with van der Waals surface area (Å²) in [4.78, 5) is 53.2. The van der Waals surface area contributed by atoms with E-state index in [4.69, 9.17) is 14.8 Å². The molecule has 3 aliphatic rings. The van der Waals surface area contributed by atoms with E-state index in [1.54, 1.807) is 29.1 Å². The van der Waals surface area contributed by atoms with Crippen LogP contribution in [0.4, 0.5) is 26.4 Å². The Bertz CT molecular complexity index is 1900. The van der Waals surface area contributed by atoms with Crippen LogP contribution in [0.2, 0.25) is 0 Å². The van der Waals surface area contributed by atoms with Gasteiger partial charge in [-0.05, 0) is 51.0 Å². The average molecular weight is 656 g/mol. The molecule has 0 bridgehead atoms. The number of carbonyl (C=O) groups is 3. The van der Waals surface area contributed by atoms with Crippen molar-refractivity contribution in [3.05, 3.63) is 65.6 Å². The highest BCUT2D eigenvalue weighted by molar-refractivity contribution is 5.95. The number of nitrogens with zero attached hydrogens (tertiary/aromatic N) is 7. The summed E-state index contributed by atoms with van der Waals surface area (Å²) < 4.78 is 20.4. The average Bonchev–Trinajstić information content (AvgIpc) is 3.41. The fraction of sp³-hybridized carbons (Fsp3) is 0.412. The predicted octanol–water partition coefficient (Wildman–Crippen LogP) is 4.06. The molecule has 14 heteroatoms. The largest absolute Gasteiger partial charge is 0.444 e. The molecule has 2 aliphatic heterocycles. The van der Waals surface area contributed by atoms with Gasteiger partial charge in [-0.3, -0.25) is 14.6 Å². The number of nitrogens with one attached hydrogen (secondary N) is 2. The van der Waals surface area contributed by atoms with Crippen LogP contribution in [-0.4, -0.2) is 105 Å². The number of ether oxygens (including phenoxy) is 1. The third-order valence-corrected chi connectivity index (χ3v) is 8.79. The number of hydrogen-bond donors (Lipinski definition) is 2. The highest BCUT2D eigenvalue weighted by Gasteiger charge is 2.39. The molecule has 1 aliphatic carbocycles. The molecule has 4 aromatic rings. The van der Waals surface area contributed by atoms with Crippen molar-refractivity contribution < 1.29 is 23.5 Å². The van der Waals surface area contributed by atoms with E-state index in [1.165, 1.54) is 10.7 Å². The van der Waals surface area contributed by atoms with Crippen molar-refractivity contribution in [1.29, 1.82) is 0 Å². The number of pyridine rings is 1. The number of carbonyl (C=O) groups excluding carboxylic acids is 3. The lowest BCUT2D eigenvalue weighted by Crippen LogP contribution is -2.51. The van der Waals surface area contributed by atoms with Crippen molar-refractivity contribution in [2.75, 3.05) is 50.0 Å². The molecule has 250 valence electrons. The van der Waals surface area contributed by atoms with Gasteiger partial charge in [-0.1, -0.05) is 12.1 Å². The quantitative estimate of drug-likeness (QED) is 0.315. The molecule has 48 heavy (non-hydrogen) atoms. The first kappa shape index (κ1) is 31.3. The molecule has 2 atom stereocenters. The van der Waals surface area contributed by atoms with Crippen LogP contribution >= 0.6 is 0 Å². The fourth-order valence-corrected chi connectivity index (χ4v) is 6.18. The summed E-state index contributed by atoms with van der Waals surface area (Å²) in [6.07, 6.45) is 2.74. The number of fused-ring (bicyclic) bond motifs is 2. The molecule has 3 amide bonds. The third-order valence-electron chi connectivity index (χ3n) is 8.79. The van der Waals surface area contributed by atoms with Crippen molar-refractivity contribution in [2.24, 2.45) is 0 Å². The van der Waals surface area contributed by atoms with E-state index in [9.17, 15) is 18.8 Å². The molecule has 3 aromatic heterocycles. The number of halogens is 1. The summed E-state index contributed by atoms with van der Waals surface area (Å²) in [6, 6.07) is 11.1. The van der Waals surface area contributed by atoms with Crippen molar-refractivity contribution in [3.63, 3.8) is 0 Å². The summed E-state index contributed by atoms with van der Waals surface area (Å²) >= 11 is 0. The van der Waals surface area contributed by atoms with Gasteiger partial charge >= 0.3 is 6.09 Å². The minimum Gasteiger partial charge on any atom is -0.444 e. The lowest BCUT2D eigenvalue weighted by atomic mass is 10.0. The maximum Gasteiger partial charge on any atom is 0.410 e. The Balaban J connectivity index is 1.08. The molecule has 7 rings (SSSR count). The van der Waals surface area contributed by atoms with Crippen LogP contribution in [0, 0.1) is 0 Å². The highest BCUT2D eigenvalue weighted by Crippen LogP contribution is 2.40. The Labute approximate surface area is 277 Å². The van der Waals surface area contributed by atoms with Gasteiger partial charge in [0, 0.05) is 69.7 Å². The number of hydrogen-bond acceptors (Lipinski definition) is 9. The monoisotopic (exact) mass is 655 g/mol. The van der Waals surface area contributed by atoms with Crippen LogP contribution < -0.4 is 15.5 Å². The Morgan fingerprint density at radius 3 is 2.40 bits per heavy atom. The van der Waals surface area contributed by atoms with Crippen molar-refractivity contribution >= 4 is 40.7 Å². The van der Waals surface area contributed by atoms with Gasteiger partial charge in [0.25, 0.3) is 11.8 Å². The first-order valence-electron chi connectivity index (χ1n) is 16.2. The van der Waals surface area contributed by atoms with Crippen molar-refractivity contribution in [3.8, 4) is 11.3 Å². The molecular formula is C34H38FN9O4. The maximum atomic E-state index is 13.5. The molecule has 5 heterocycles. The molecule has 1 saturated heterocycles. The topological polar surface area (TPSA) is 137 Å². The maximum absolute atomic E-state index is 13.5. The Kier molecular flexibility index (Phi) is 7.88. The first-order chi connectivity index (χ1) is 23.0. The van der Waals surface area contributed by atoms with E-state index in [-0.39, 0.29) is 17.7 Å². The van der Waals surface area contributed by atoms with Crippen LogP contribution in [0.25, 0.3) is 16.9 Å². The van der Waals surface area contributed by atoms with Gasteiger partial charge in [-0.25, -0.2) is 18.7 Å². The minimum absolute atomic E-state index is 0.127. The summed E-state index contributed by atoms with van der Waals surface area (Å²) in [7, 11) is 1.78. The number of rotatable bonds is 6. The second-order valence-electron chi connectivity index (χ2n) is 13.3. The number of imidazole rings is 1. The van der Waals surface area contributed by atoms with Crippen LogP contribution in [0.3, 0.4) is 0 Å². The standard InChI is InChI=1S/C34H38FN9O4/c1-34(2,3)48-33(47)42-14-12-41(13-15-42)32(46)20-8-9-24(37-18-20)21-6-5-7-27-22(21)10-11-43(27)29-17-26(36-4)30-38-19-28(44(30)40-29)31(45)39-25-16-23(25)35/h5-9,17-19,23,25,36H,10-16H2,1-4H3,(H,39,45)/t23-,25+/m0/s1. The Hall–Kier alpha value is -5.27. The summed E-state index contributed by atoms with van der Waals surface area (Å²) in [6.45, 7) is 7.80. The number of anilines is 3. The summed E-state index contributed by atoms with van der Waals surface area (Å²) in [5, 5.41) is 10.7. The predicted molar refractivity (Wildman–Crippen MR) is 177 cm³/mol. The molecule has 1 aromatic carbocycles. The molecule has 2 fully saturated rings. The Morgan fingerprint density at radius 1 is 0.979 bits per heavy atom. The van der Waals surface area contributed by atoms with Gasteiger partial charge in [0.15, 0.2) is 17.2 Å². The van der Waals surface area contributed by atoms with Crippen LogP contribution in [0.5, 0.6) is 0 Å². The minimum atomic E-state index is -1.01. The normalized spacial score (nSPS) is 18.9. The first-order valence-corrected chi connectivity index (χ1v) is 16.2. The van der Waals surface area contributed by atoms with E-state index >= 15 is 0 Å². The Morgan fingerprint density at radius 2 is 1.73 bits per heavy atom. The third kappa shape index (κ3) is 5.98. The van der Waals surface area contributed by atoms with E-state index in [1.807, 2.05) is 51.1 Å². The van der Waals surface area contributed by atoms with Gasteiger partial charge in [0.1, 0.15) is 11.8 Å². The van der Waals surface area contributed by atoms with Gasteiger partial charge in [-0.15, -0.1) is 5.10 Å². The van der Waals surface area contributed by atoms with Crippen molar-refractivity contribution in [1.82, 2.24) is 34.7 Å². The second-order valence-corrected chi connectivity index (χ2v) is 13.3. The van der Waals surface area contributed by atoms with E-state index < -0.39 is 23.7 Å². The lowest BCUT2D eigenvalue weighted by molar-refractivity contribution is 0.0141. The van der Waals surface area contributed by atoms with E-state index in [0.717, 1.165) is 28.9 Å². The number of piperazine rings is 1. The summed E-state index contributed by atoms with van der Waals surface area (Å²) in [5.41, 5.74) is 5.12. The number of alkyl halides is 1. The molecule has 13 nitrogen and oxygen atoms in total. The van der Waals surface area contributed by atoms with Crippen molar-refractivity contribution in [2.45, 2.75) is 51.4 Å². The molecule has 0 unspecified atom stereocenters. The van der Waals surface area contributed by atoms with Gasteiger partial charge < -0.3 is 30.1 Å². The summed E-state index contributed by atoms with van der Waals surface area (Å²) in [5.74, 6) is 0.0862. The zero-order valence-electron chi connectivity index (χ0n) is 27.4. The van der Waals surface area contributed by atoms with E-state index in [0.29, 0.717) is 61.9 Å². The fourth-order valence-electron chi connectivity index (χ4n) is 6.18. The van der Waals surface area contributed by atoms with Gasteiger partial charge in [0.05, 0.1) is 29.2 Å². The zero-order chi connectivity index (χ0) is 33.7. The highest BCUT2D eigenvalue weighted by atomic mass is 19.1. The van der Waals surface area contributed by atoms with Crippen LogP contribution in [-0.2, 0) is 11.2 Å². The SMILES string of the molecule is CNc1cc(N2CCc3c(-c4ccc(C(=O)N5CCN(C(=O)OC(C)(C)C)CC5)cn4)cccc32)nn2c(C(=O)N[C@@H]3C[C@@H]3F)cnc12. The second kappa shape index (κ2) is 12.1. The van der Waals surface area contributed by atoms with Crippen LogP contribution in [0.15, 0.2) is 48.8 Å². The molecule has 0 radical (unpaired) electrons. The number of aromatic nitrogens is 4. The smallest absolute Gasteiger partial charge is 0.410 e.